The monoisotopic (exact) mass is 292 g/mol. The molecule has 108 valence electrons. The average molecular weight is 292 g/mol. The summed E-state index contributed by atoms with van der Waals surface area (Å²) in [6.07, 6.45) is -5.94. The topological polar surface area (TPSA) is 44.1 Å². The maximum atomic E-state index is 12.9. The number of halogens is 5. The van der Waals surface area contributed by atoms with Crippen LogP contribution in [-0.4, -0.2) is 30.0 Å². The summed E-state index contributed by atoms with van der Waals surface area (Å²) in [5.41, 5.74) is 0.490. The van der Waals surface area contributed by atoms with Gasteiger partial charge >= 0.3 is 18.0 Å². The minimum absolute atomic E-state index is 0.214. The van der Waals surface area contributed by atoms with E-state index in [0.717, 1.165) is 7.05 Å². The third-order valence-corrected chi connectivity index (χ3v) is 2.45. The summed E-state index contributed by atoms with van der Waals surface area (Å²) >= 11 is 0. The van der Waals surface area contributed by atoms with Gasteiger partial charge in [-0.15, -0.1) is 0 Å². The van der Waals surface area contributed by atoms with Crippen LogP contribution >= 0.6 is 0 Å². The number of carbonyl (C=O) groups is 1. The van der Waals surface area contributed by atoms with Crippen LogP contribution in [0.2, 0.25) is 0 Å². The second-order valence-corrected chi connectivity index (χ2v) is 4.05. The highest BCUT2D eigenvalue weighted by Crippen LogP contribution is 2.36. The molecule has 3 nitrogen and oxygen atoms in total. The second-order valence-electron chi connectivity index (χ2n) is 4.05. The summed E-state index contributed by atoms with van der Waals surface area (Å²) in [7, 11) is 0.834. The molecule has 20 heavy (non-hydrogen) atoms. The highest BCUT2D eigenvalue weighted by Gasteiger charge is 2.64. The van der Waals surface area contributed by atoms with E-state index in [1.807, 2.05) is 0 Å². The Morgan fingerprint density at radius 2 is 1.90 bits per heavy atom. The summed E-state index contributed by atoms with van der Waals surface area (Å²) in [4.78, 5) is 11.4. The van der Waals surface area contributed by atoms with Gasteiger partial charge in [0.2, 0.25) is 0 Å². The van der Waals surface area contributed by atoms with E-state index in [1.54, 1.807) is 6.07 Å². The molecule has 0 spiro atoms. The largest absolute Gasteiger partial charge is 0.463 e. The molecule has 0 aliphatic rings. The lowest BCUT2D eigenvalue weighted by Gasteiger charge is -2.24. The first-order valence-corrected chi connectivity index (χ1v) is 5.28. The third kappa shape index (κ3) is 3.23. The first-order valence-electron chi connectivity index (χ1n) is 5.28. The zero-order chi connectivity index (χ0) is 15.6. The summed E-state index contributed by atoms with van der Waals surface area (Å²) in [6, 6.07) is 7.39. The first kappa shape index (κ1) is 15.9. The van der Waals surface area contributed by atoms with Crippen LogP contribution in [0.1, 0.15) is 11.1 Å². The molecule has 0 aromatic heterocycles. The maximum absolute atomic E-state index is 12.9. The fraction of sp³-hybridized carbons (Fsp3) is 0.333. The molecule has 0 heterocycles. The van der Waals surface area contributed by atoms with Crippen molar-refractivity contribution in [3.63, 3.8) is 0 Å². The fourth-order valence-corrected chi connectivity index (χ4v) is 1.45. The molecular formula is C12H9F5N2O. The van der Waals surface area contributed by atoms with Crippen molar-refractivity contribution < 1.29 is 26.7 Å². The number of alkyl halides is 5. The highest BCUT2D eigenvalue weighted by atomic mass is 19.4. The third-order valence-electron chi connectivity index (χ3n) is 2.45. The normalized spacial score (nSPS) is 11.8. The van der Waals surface area contributed by atoms with Gasteiger partial charge in [0.15, 0.2) is 0 Å². The van der Waals surface area contributed by atoms with Crippen molar-refractivity contribution in [3.8, 4) is 6.07 Å². The molecule has 0 atom stereocenters. The highest BCUT2D eigenvalue weighted by molar-refractivity contribution is 5.84. The van der Waals surface area contributed by atoms with Gasteiger partial charge in [0, 0.05) is 13.6 Å². The van der Waals surface area contributed by atoms with E-state index in [1.165, 1.54) is 24.3 Å². The standard InChI is InChI=1S/C12H9F5N2O/c1-19(10(20)11(13,14)12(15,16)17)7-9-4-2-3-8(5-9)6-18/h2-5H,7H2,1H3. The number of rotatable bonds is 3. The van der Waals surface area contributed by atoms with Crippen LogP contribution in [0.15, 0.2) is 24.3 Å². The molecule has 1 rings (SSSR count). The molecule has 0 radical (unpaired) electrons. The minimum Gasteiger partial charge on any atom is -0.336 e. The van der Waals surface area contributed by atoms with Crippen LogP contribution < -0.4 is 0 Å². The van der Waals surface area contributed by atoms with Crippen molar-refractivity contribution >= 4 is 5.91 Å². The molecule has 0 bridgehead atoms. The summed E-state index contributed by atoms with van der Waals surface area (Å²) in [5.74, 6) is -7.78. The Kier molecular flexibility index (Phi) is 4.33. The van der Waals surface area contributed by atoms with Gasteiger partial charge in [-0.1, -0.05) is 12.1 Å². The Labute approximate surface area is 111 Å². The van der Waals surface area contributed by atoms with Crippen molar-refractivity contribution in [1.29, 1.82) is 5.26 Å². The van der Waals surface area contributed by atoms with E-state index in [-0.39, 0.29) is 16.0 Å². The summed E-state index contributed by atoms with van der Waals surface area (Å²) in [6.45, 7) is -0.458. The Hall–Kier alpha value is -2.17. The van der Waals surface area contributed by atoms with Crippen molar-refractivity contribution in [1.82, 2.24) is 4.90 Å². The number of hydrogen-bond acceptors (Lipinski definition) is 2. The SMILES string of the molecule is CN(Cc1cccc(C#N)c1)C(=O)C(F)(F)C(F)(F)F. The molecule has 1 aromatic rings. The summed E-state index contributed by atoms with van der Waals surface area (Å²) < 4.78 is 61.9. The molecule has 1 aromatic carbocycles. The van der Waals surface area contributed by atoms with Crippen LogP contribution in [0.4, 0.5) is 22.0 Å². The van der Waals surface area contributed by atoms with Crippen LogP contribution in [0.3, 0.4) is 0 Å². The van der Waals surface area contributed by atoms with Crippen LogP contribution in [0.25, 0.3) is 0 Å². The molecule has 0 fully saturated rings. The van der Waals surface area contributed by atoms with E-state index in [2.05, 4.69) is 0 Å². The van der Waals surface area contributed by atoms with Gasteiger partial charge in [0.1, 0.15) is 0 Å². The van der Waals surface area contributed by atoms with Gasteiger partial charge in [-0.05, 0) is 17.7 Å². The van der Waals surface area contributed by atoms with Gasteiger partial charge in [-0.2, -0.15) is 27.2 Å². The lowest BCUT2D eigenvalue weighted by atomic mass is 10.1. The maximum Gasteiger partial charge on any atom is 0.463 e. The van der Waals surface area contributed by atoms with Crippen LogP contribution in [0, 0.1) is 11.3 Å². The van der Waals surface area contributed by atoms with Gasteiger partial charge in [-0.25, -0.2) is 0 Å². The first-order chi connectivity index (χ1) is 9.09. The van der Waals surface area contributed by atoms with E-state index in [9.17, 15) is 26.7 Å². The second kappa shape index (κ2) is 5.45. The number of benzene rings is 1. The van der Waals surface area contributed by atoms with Crippen LogP contribution in [-0.2, 0) is 11.3 Å². The molecule has 0 N–H and O–H groups in total. The van der Waals surface area contributed by atoms with Gasteiger partial charge in [-0.3, -0.25) is 4.79 Å². The molecule has 0 aliphatic carbocycles. The smallest absolute Gasteiger partial charge is 0.336 e. The predicted molar refractivity (Wildman–Crippen MR) is 58.6 cm³/mol. The van der Waals surface area contributed by atoms with E-state index in [0.29, 0.717) is 0 Å². The van der Waals surface area contributed by atoms with Crippen LogP contribution in [0.5, 0.6) is 0 Å². The zero-order valence-electron chi connectivity index (χ0n) is 10.2. The molecule has 0 saturated heterocycles. The van der Waals surface area contributed by atoms with Crippen molar-refractivity contribution in [2.75, 3.05) is 7.05 Å². The Bertz CT molecular complexity index is 548. The number of nitriles is 1. The van der Waals surface area contributed by atoms with E-state index in [4.69, 9.17) is 5.26 Å². The Morgan fingerprint density at radius 3 is 2.40 bits per heavy atom. The van der Waals surface area contributed by atoms with Gasteiger partial charge in [0.25, 0.3) is 0 Å². The van der Waals surface area contributed by atoms with E-state index < -0.39 is 24.6 Å². The lowest BCUT2D eigenvalue weighted by molar-refractivity contribution is -0.274. The Balaban J connectivity index is 2.89. The predicted octanol–water partition coefficient (Wildman–Crippen LogP) is 2.71. The zero-order valence-corrected chi connectivity index (χ0v) is 10.2. The molecule has 8 heteroatoms. The Morgan fingerprint density at radius 1 is 1.30 bits per heavy atom. The molecule has 1 amide bonds. The van der Waals surface area contributed by atoms with Gasteiger partial charge < -0.3 is 4.90 Å². The van der Waals surface area contributed by atoms with E-state index >= 15 is 0 Å². The molecular weight excluding hydrogens is 283 g/mol. The number of nitrogens with zero attached hydrogens (tertiary/aromatic N) is 2. The average Bonchev–Trinajstić information content (AvgIpc) is 2.36. The number of hydrogen-bond donors (Lipinski definition) is 0. The lowest BCUT2D eigenvalue weighted by Crippen LogP contribution is -2.50. The fourth-order valence-electron chi connectivity index (χ4n) is 1.45. The molecule has 0 aliphatic heterocycles. The molecule has 0 saturated carbocycles. The number of carbonyl (C=O) groups excluding carboxylic acids is 1. The van der Waals surface area contributed by atoms with Crippen molar-refractivity contribution in [3.05, 3.63) is 35.4 Å². The quantitative estimate of drug-likeness (QED) is 0.804. The van der Waals surface area contributed by atoms with Crippen molar-refractivity contribution in [2.24, 2.45) is 0 Å². The van der Waals surface area contributed by atoms with Gasteiger partial charge in [0.05, 0.1) is 11.6 Å². The number of amides is 1. The minimum atomic E-state index is -5.94. The molecule has 0 unspecified atom stereocenters. The van der Waals surface area contributed by atoms with Crippen molar-refractivity contribution in [2.45, 2.75) is 18.6 Å². The summed E-state index contributed by atoms with van der Waals surface area (Å²) in [5, 5.41) is 8.64.